The number of phenolic OH excluding ortho intramolecular Hbond substituents is 1. The van der Waals surface area contributed by atoms with Crippen LogP contribution in [-0.2, 0) is 0 Å². The molecule has 0 heterocycles. The molecule has 0 amide bonds. The molecule has 1 heteroatoms. The van der Waals surface area contributed by atoms with E-state index in [0.29, 0.717) is 5.75 Å². The highest BCUT2D eigenvalue weighted by atomic mass is 16.3. The molecule has 0 aliphatic rings. The van der Waals surface area contributed by atoms with Crippen LogP contribution in [-0.4, -0.2) is 5.11 Å². The van der Waals surface area contributed by atoms with Crippen molar-refractivity contribution in [3.8, 4) is 16.9 Å². The van der Waals surface area contributed by atoms with Crippen molar-refractivity contribution in [2.24, 2.45) is 0 Å². The molecular weight excluding hydrogens is 232 g/mol. The molecule has 0 aliphatic carbocycles. The molecule has 0 saturated heterocycles. The molecule has 3 rings (SSSR count). The second kappa shape index (κ2) is 4.43. The Morgan fingerprint density at radius 2 is 1.42 bits per heavy atom. The van der Waals surface area contributed by atoms with E-state index in [2.05, 4.69) is 30.3 Å². The molecular formula is C18H16O. The first-order valence-electron chi connectivity index (χ1n) is 6.46. The fourth-order valence-corrected chi connectivity index (χ4v) is 2.58. The van der Waals surface area contributed by atoms with Crippen LogP contribution in [0, 0.1) is 13.8 Å². The zero-order valence-corrected chi connectivity index (χ0v) is 11.1. The monoisotopic (exact) mass is 248 g/mol. The van der Waals surface area contributed by atoms with Crippen LogP contribution in [0.15, 0.2) is 54.6 Å². The number of hydrogen-bond donors (Lipinski definition) is 1. The Morgan fingerprint density at radius 3 is 2.26 bits per heavy atom. The standard InChI is InChI=1S/C18H16O/c1-12-10-11-13(2)18(19)17(12)16-9-5-7-14-6-3-4-8-15(14)16/h3-11,19H,1-2H3. The Bertz CT molecular complexity index is 751. The number of benzene rings is 3. The van der Waals surface area contributed by atoms with Crippen LogP contribution in [0.25, 0.3) is 21.9 Å². The van der Waals surface area contributed by atoms with E-state index < -0.39 is 0 Å². The van der Waals surface area contributed by atoms with Crippen LogP contribution in [0.2, 0.25) is 0 Å². The first-order valence-corrected chi connectivity index (χ1v) is 6.46. The lowest BCUT2D eigenvalue weighted by Gasteiger charge is -2.13. The van der Waals surface area contributed by atoms with Crippen molar-refractivity contribution in [1.29, 1.82) is 0 Å². The number of fused-ring (bicyclic) bond motifs is 1. The first-order chi connectivity index (χ1) is 9.18. The summed E-state index contributed by atoms with van der Waals surface area (Å²) < 4.78 is 0. The number of rotatable bonds is 1. The van der Waals surface area contributed by atoms with Crippen molar-refractivity contribution in [3.05, 3.63) is 65.7 Å². The van der Waals surface area contributed by atoms with Gasteiger partial charge in [-0.05, 0) is 41.3 Å². The predicted molar refractivity (Wildman–Crippen MR) is 80.5 cm³/mol. The van der Waals surface area contributed by atoms with Gasteiger partial charge in [-0.15, -0.1) is 0 Å². The maximum atomic E-state index is 10.4. The minimum absolute atomic E-state index is 0.386. The Hall–Kier alpha value is -2.28. The lowest BCUT2D eigenvalue weighted by atomic mass is 9.93. The fraction of sp³-hybridized carbons (Fsp3) is 0.111. The van der Waals surface area contributed by atoms with Crippen LogP contribution < -0.4 is 0 Å². The van der Waals surface area contributed by atoms with Gasteiger partial charge in [0.25, 0.3) is 0 Å². The maximum Gasteiger partial charge on any atom is 0.126 e. The van der Waals surface area contributed by atoms with E-state index >= 15 is 0 Å². The van der Waals surface area contributed by atoms with Gasteiger partial charge in [0.1, 0.15) is 5.75 Å². The highest BCUT2D eigenvalue weighted by Gasteiger charge is 2.12. The Morgan fingerprint density at radius 1 is 0.737 bits per heavy atom. The van der Waals surface area contributed by atoms with E-state index in [1.54, 1.807) is 0 Å². The van der Waals surface area contributed by atoms with Gasteiger partial charge in [0.2, 0.25) is 0 Å². The van der Waals surface area contributed by atoms with Crippen molar-refractivity contribution in [2.45, 2.75) is 13.8 Å². The van der Waals surface area contributed by atoms with Crippen LogP contribution >= 0.6 is 0 Å². The molecule has 94 valence electrons. The lowest BCUT2D eigenvalue weighted by Crippen LogP contribution is -1.88. The van der Waals surface area contributed by atoms with Crippen LogP contribution in [0.1, 0.15) is 11.1 Å². The van der Waals surface area contributed by atoms with E-state index in [0.717, 1.165) is 22.3 Å². The third-order valence-electron chi connectivity index (χ3n) is 3.65. The molecule has 0 fully saturated rings. The average Bonchev–Trinajstić information content (AvgIpc) is 2.44. The van der Waals surface area contributed by atoms with Gasteiger partial charge in [0, 0.05) is 5.56 Å². The highest BCUT2D eigenvalue weighted by Crippen LogP contribution is 2.38. The Kier molecular flexibility index (Phi) is 2.75. The number of phenols is 1. The molecule has 0 spiro atoms. The number of aryl methyl sites for hydroxylation is 2. The zero-order valence-electron chi connectivity index (χ0n) is 11.1. The third-order valence-corrected chi connectivity index (χ3v) is 3.65. The van der Waals surface area contributed by atoms with E-state index in [1.165, 1.54) is 10.8 Å². The molecule has 19 heavy (non-hydrogen) atoms. The summed E-state index contributed by atoms with van der Waals surface area (Å²) >= 11 is 0. The van der Waals surface area contributed by atoms with Crippen molar-refractivity contribution in [1.82, 2.24) is 0 Å². The van der Waals surface area contributed by atoms with Gasteiger partial charge in [0.15, 0.2) is 0 Å². The second-order valence-electron chi connectivity index (χ2n) is 4.95. The third kappa shape index (κ3) is 1.88. The summed E-state index contributed by atoms with van der Waals surface area (Å²) in [5.74, 6) is 0.386. The Labute approximate surface area is 113 Å². The zero-order chi connectivity index (χ0) is 13.4. The van der Waals surface area contributed by atoms with Crippen molar-refractivity contribution >= 4 is 10.8 Å². The largest absolute Gasteiger partial charge is 0.507 e. The minimum atomic E-state index is 0.386. The smallest absolute Gasteiger partial charge is 0.126 e. The molecule has 0 unspecified atom stereocenters. The van der Waals surface area contributed by atoms with Gasteiger partial charge in [-0.25, -0.2) is 0 Å². The van der Waals surface area contributed by atoms with Gasteiger partial charge in [0.05, 0.1) is 0 Å². The summed E-state index contributed by atoms with van der Waals surface area (Å²) in [5, 5.41) is 12.8. The quantitative estimate of drug-likeness (QED) is 0.654. The Balaban J connectivity index is 2.40. The SMILES string of the molecule is Cc1ccc(C)c(-c2cccc3ccccc23)c1O. The minimum Gasteiger partial charge on any atom is -0.507 e. The van der Waals surface area contributed by atoms with E-state index in [9.17, 15) is 5.11 Å². The predicted octanol–water partition coefficient (Wildman–Crippen LogP) is 4.83. The highest BCUT2D eigenvalue weighted by molar-refractivity contribution is 5.98. The normalized spacial score (nSPS) is 10.8. The van der Waals surface area contributed by atoms with Gasteiger partial charge >= 0.3 is 0 Å². The summed E-state index contributed by atoms with van der Waals surface area (Å²) in [4.78, 5) is 0. The molecule has 0 atom stereocenters. The fourth-order valence-electron chi connectivity index (χ4n) is 2.58. The van der Waals surface area contributed by atoms with Crippen LogP contribution in [0.5, 0.6) is 5.75 Å². The van der Waals surface area contributed by atoms with Gasteiger partial charge in [-0.2, -0.15) is 0 Å². The molecule has 0 radical (unpaired) electrons. The van der Waals surface area contributed by atoms with E-state index in [1.807, 2.05) is 38.1 Å². The average molecular weight is 248 g/mol. The van der Waals surface area contributed by atoms with E-state index in [4.69, 9.17) is 0 Å². The van der Waals surface area contributed by atoms with Gasteiger partial charge in [-0.1, -0.05) is 54.6 Å². The lowest BCUT2D eigenvalue weighted by molar-refractivity contribution is 0.473. The van der Waals surface area contributed by atoms with Gasteiger partial charge < -0.3 is 5.11 Å². The van der Waals surface area contributed by atoms with Crippen LogP contribution in [0.4, 0.5) is 0 Å². The van der Waals surface area contributed by atoms with Crippen molar-refractivity contribution < 1.29 is 5.11 Å². The maximum absolute atomic E-state index is 10.4. The first kappa shape index (κ1) is 11.8. The summed E-state index contributed by atoms with van der Waals surface area (Å²) in [6.45, 7) is 3.97. The van der Waals surface area contributed by atoms with Crippen LogP contribution in [0.3, 0.4) is 0 Å². The molecule has 0 saturated carbocycles. The summed E-state index contributed by atoms with van der Waals surface area (Å²) in [6.07, 6.45) is 0. The van der Waals surface area contributed by atoms with E-state index in [-0.39, 0.29) is 0 Å². The summed E-state index contributed by atoms with van der Waals surface area (Å²) in [5.41, 5.74) is 4.04. The molecule has 1 nitrogen and oxygen atoms in total. The molecule has 0 aromatic heterocycles. The molecule has 0 aliphatic heterocycles. The molecule has 1 N–H and O–H groups in total. The molecule has 3 aromatic rings. The second-order valence-corrected chi connectivity index (χ2v) is 4.95. The molecule has 3 aromatic carbocycles. The number of aromatic hydroxyl groups is 1. The summed E-state index contributed by atoms with van der Waals surface area (Å²) in [7, 11) is 0. The van der Waals surface area contributed by atoms with Gasteiger partial charge in [-0.3, -0.25) is 0 Å². The number of hydrogen-bond acceptors (Lipinski definition) is 1. The van der Waals surface area contributed by atoms with Crippen molar-refractivity contribution in [3.63, 3.8) is 0 Å². The van der Waals surface area contributed by atoms with Crippen molar-refractivity contribution in [2.75, 3.05) is 0 Å². The molecule has 0 bridgehead atoms. The summed E-state index contributed by atoms with van der Waals surface area (Å²) in [6, 6.07) is 18.5. The topological polar surface area (TPSA) is 20.2 Å².